The fourth-order valence-corrected chi connectivity index (χ4v) is 1.84. The third-order valence-corrected chi connectivity index (χ3v) is 2.99. The molecular weight excluding hydrogens is 224 g/mol. The van der Waals surface area contributed by atoms with Crippen LogP contribution < -0.4 is 4.74 Å². The molecule has 0 aliphatic carbocycles. The van der Waals surface area contributed by atoms with E-state index < -0.39 is 6.10 Å². The van der Waals surface area contributed by atoms with Gasteiger partial charge in [-0.3, -0.25) is 0 Å². The molecule has 2 heteroatoms. The molecule has 0 unspecified atom stereocenters. The minimum Gasteiger partial charge on any atom is -0.493 e. The van der Waals surface area contributed by atoms with Crippen LogP contribution in [0.4, 0.5) is 0 Å². The summed E-state index contributed by atoms with van der Waals surface area (Å²) in [5.74, 6) is 0.920. The van der Waals surface area contributed by atoms with Crippen molar-refractivity contribution in [3.8, 4) is 5.75 Å². The minimum atomic E-state index is -0.420. The van der Waals surface area contributed by atoms with Gasteiger partial charge in [-0.2, -0.15) is 0 Å². The Morgan fingerprint density at radius 1 is 1.33 bits per heavy atom. The Bertz CT molecular complexity index is 369. The molecule has 0 aromatic heterocycles. The van der Waals surface area contributed by atoms with Crippen LogP contribution in [0.3, 0.4) is 0 Å². The van der Waals surface area contributed by atoms with E-state index in [-0.39, 0.29) is 0 Å². The van der Waals surface area contributed by atoms with Crippen LogP contribution in [0.1, 0.15) is 49.8 Å². The predicted octanol–water partition coefficient (Wildman–Crippen LogP) is 4.17. The maximum Gasteiger partial charge on any atom is 0.122 e. The van der Waals surface area contributed by atoms with Gasteiger partial charge in [0.1, 0.15) is 5.75 Å². The monoisotopic (exact) mass is 248 g/mol. The van der Waals surface area contributed by atoms with Crippen LogP contribution in [-0.4, -0.2) is 11.7 Å². The highest BCUT2D eigenvalue weighted by Crippen LogP contribution is 2.22. The fraction of sp³-hybridized carbons (Fsp3) is 0.500. The van der Waals surface area contributed by atoms with Crippen molar-refractivity contribution in [1.82, 2.24) is 0 Å². The molecule has 1 rings (SSSR count). The van der Waals surface area contributed by atoms with E-state index in [2.05, 4.69) is 6.58 Å². The highest BCUT2D eigenvalue weighted by molar-refractivity contribution is 5.36. The summed E-state index contributed by atoms with van der Waals surface area (Å²) in [5.41, 5.74) is 2.02. The van der Waals surface area contributed by atoms with Gasteiger partial charge in [0.2, 0.25) is 0 Å². The third kappa shape index (κ3) is 4.92. The van der Waals surface area contributed by atoms with Crippen LogP contribution in [-0.2, 0) is 0 Å². The number of hydrogen-bond acceptors (Lipinski definition) is 2. The highest BCUT2D eigenvalue weighted by atomic mass is 16.5. The summed E-state index contributed by atoms with van der Waals surface area (Å²) >= 11 is 0. The molecule has 0 radical (unpaired) electrons. The van der Waals surface area contributed by atoms with Crippen LogP contribution in [0, 0.1) is 6.92 Å². The van der Waals surface area contributed by atoms with E-state index in [1.165, 1.54) is 12.8 Å². The molecule has 1 aromatic carbocycles. The predicted molar refractivity (Wildman–Crippen MR) is 76.0 cm³/mol. The first kappa shape index (κ1) is 14.8. The lowest BCUT2D eigenvalue weighted by Crippen LogP contribution is -2.00. The van der Waals surface area contributed by atoms with Gasteiger partial charge in [0, 0.05) is 0 Å². The Kier molecular flexibility index (Phi) is 6.51. The first-order chi connectivity index (χ1) is 8.65. The smallest absolute Gasteiger partial charge is 0.122 e. The van der Waals surface area contributed by atoms with Crippen molar-refractivity contribution in [2.45, 2.75) is 45.6 Å². The van der Waals surface area contributed by atoms with Crippen LogP contribution in [0.5, 0.6) is 5.75 Å². The highest BCUT2D eigenvalue weighted by Gasteiger charge is 2.04. The van der Waals surface area contributed by atoms with E-state index >= 15 is 0 Å². The van der Waals surface area contributed by atoms with Gasteiger partial charge in [-0.15, -0.1) is 6.58 Å². The van der Waals surface area contributed by atoms with E-state index in [1.807, 2.05) is 31.2 Å². The number of aliphatic hydroxyl groups is 1. The molecule has 0 spiro atoms. The molecule has 0 bridgehead atoms. The Hall–Kier alpha value is -1.28. The summed E-state index contributed by atoms with van der Waals surface area (Å²) in [5, 5.41) is 9.49. The quantitative estimate of drug-likeness (QED) is 0.552. The zero-order chi connectivity index (χ0) is 13.4. The molecule has 0 saturated heterocycles. The van der Waals surface area contributed by atoms with E-state index in [4.69, 9.17) is 4.74 Å². The maximum atomic E-state index is 9.49. The van der Waals surface area contributed by atoms with Crippen LogP contribution >= 0.6 is 0 Å². The standard InChI is InChI=1S/C16H24O2/c1-4-5-6-7-8-11-18-16-10-9-15(14(3)17)12-13(16)2/h4,9-10,12,14,17H,1,5-8,11H2,2-3H3/t14-/m1/s1. The van der Waals surface area contributed by atoms with Gasteiger partial charge in [0.15, 0.2) is 0 Å². The third-order valence-electron chi connectivity index (χ3n) is 2.99. The molecule has 0 saturated carbocycles. The summed E-state index contributed by atoms with van der Waals surface area (Å²) in [4.78, 5) is 0. The summed E-state index contributed by atoms with van der Waals surface area (Å²) in [6, 6.07) is 5.85. The first-order valence-electron chi connectivity index (χ1n) is 6.67. The van der Waals surface area contributed by atoms with Crippen molar-refractivity contribution < 1.29 is 9.84 Å². The molecule has 0 fully saturated rings. The SMILES string of the molecule is C=CCCCCCOc1ccc([C@@H](C)O)cc1C. The van der Waals surface area contributed by atoms with E-state index in [9.17, 15) is 5.11 Å². The van der Waals surface area contributed by atoms with Crippen LogP contribution in [0.15, 0.2) is 30.9 Å². The van der Waals surface area contributed by atoms with E-state index in [0.717, 1.165) is 36.3 Å². The minimum absolute atomic E-state index is 0.420. The van der Waals surface area contributed by atoms with Gasteiger partial charge >= 0.3 is 0 Å². The van der Waals surface area contributed by atoms with E-state index in [1.54, 1.807) is 6.92 Å². The second kappa shape index (κ2) is 7.93. The molecular formula is C16H24O2. The van der Waals surface area contributed by atoms with Crippen molar-refractivity contribution in [2.24, 2.45) is 0 Å². The molecule has 1 atom stereocenters. The van der Waals surface area contributed by atoms with Gasteiger partial charge in [-0.1, -0.05) is 12.1 Å². The molecule has 100 valence electrons. The van der Waals surface area contributed by atoms with Crippen LogP contribution in [0.2, 0.25) is 0 Å². The first-order valence-corrected chi connectivity index (χ1v) is 6.67. The van der Waals surface area contributed by atoms with Crippen LogP contribution in [0.25, 0.3) is 0 Å². The number of aliphatic hydroxyl groups excluding tert-OH is 1. The number of rotatable bonds is 8. The average molecular weight is 248 g/mol. The molecule has 1 aromatic rings. The van der Waals surface area contributed by atoms with Crippen molar-refractivity contribution in [3.63, 3.8) is 0 Å². The fourth-order valence-electron chi connectivity index (χ4n) is 1.84. The second-order valence-electron chi connectivity index (χ2n) is 4.69. The number of hydrogen-bond donors (Lipinski definition) is 1. The zero-order valence-corrected chi connectivity index (χ0v) is 11.5. The van der Waals surface area contributed by atoms with E-state index in [0.29, 0.717) is 0 Å². The van der Waals surface area contributed by atoms with Gasteiger partial charge in [0.25, 0.3) is 0 Å². The number of allylic oxidation sites excluding steroid dienone is 1. The maximum absolute atomic E-state index is 9.49. The number of ether oxygens (including phenoxy) is 1. The normalized spacial score (nSPS) is 12.2. The Morgan fingerprint density at radius 3 is 2.72 bits per heavy atom. The zero-order valence-electron chi connectivity index (χ0n) is 11.5. The Labute approximate surface area is 110 Å². The van der Waals surface area contributed by atoms with Gasteiger partial charge in [0.05, 0.1) is 12.7 Å². The molecule has 1 N–H and O–H groups in total. The molecule has 0 aliphatic rings. The van der Waals surface area contributed by atoms with Gasteiger partial charge in [-0.25, -0.2) is 0 Å². The number of unbranched alkanes of at least 4 members (excludes halogenated alkanes) is 3. The molecule has 2 nitrogen and oxygen atoms in total. The van der Waals surface area contributed by atoms with Gasteiger partial charge < -0.3 is 9.84 Å². The molecule has 0 amide bonds. The molecule has 18 heavy (non-hydrogen) atoms. The lowest BCUT2D eigenvalue weighted by atomic mass is 10.1. The van der Waals surface area contributed by atoms with Crippen molar-refractivity contribution in [3.05, 3.63) is 42.0 Å². The second-order valence-corrected chi connectivity index (χ2v) is 4.69. The molecule has 0 heterocycles. The lowest BCUT2D eigenvalue weighted by molar-refractivity contribution is 0.199. The summed E-state index contributed by atoms with van der Waals surface area (Å²) < 4.78 is 5.74. The van der Waals surface area contributed by atoms with Gasteiger partial charge in [-0.05, 0) is 62.8 Å². The number of benzene rings is 1. The average Bonchev–Trinajstić information content (AvgIpc) is 2.35. The summed E-state index contributed by atoms with van der Waals surface area (Å²) in [6.45, 7) is 8.25. The lowest BCUT2D eigenvalue weighted by Gasteiger charge is -2.11. The Balaban J connectivity index is 2.36. The summed E-state index contributed by atoms with van der Waals surface area (Å²) in [6.07, 6.45) is 6.06. The van der Waals surface area contributed by atoms with Crippen molar-refractivity contribution >= 4 is 0 Å². The van der Waals surface area contributed by atoms with Crippen molar-refractivity contribution in [2.75, 3.05) is 6.61 Å². The summed E-state index contributed by atoms with van der Waals surface area (Å²) in [7, 11) is 0. The topological polar surface area (TPSA) is 29.5 Å². The number of aryl methyl sites for hydroxylation is 1. The molecule has 0 aliphatic heterocycles. The van der Waals surface area contributed by atoms with Crippen molar-refractivity contribution in [1.29, 1.82) is 0 Å². The Morgan fingerprint density at radius 2 is 2.11 bits per heavy atom. The largest absolute Gasteiger partial charge is 0.493 e.